The minimum Gasteiger partial charge on any atom is -0.507 e. The van der Waals surface area contributed by atoms with Crippen molar-refractivity contribution in [3.8, 4) is 11.5 Å². The van der Waals surface area contributed by atoms with Crippen molar-refractivity contribution in [1.82, 2.24) is 0 Å². The SMILES string of the molecule is C/C=C/C1Cc2c(C)c(O)c(C)c(C)c2O1. The number of phenolic OH excluding ortho intramolecular Hbond substituents is 1. The predicted molar refractivity (Wildman–Crippen MR) is 65.3 cm³/mol. The van der Waals surface area contributed by atoms with E-state index in [2.05, 4.69) is 6.08 Å². The van der Waals surface area contributed by atoms with Gasteiger partial charge in [-0.05, 0) is 50.5 Å². The Balaban J connectivity index is 2.53. The predicted octanol–water partition coefficient (Wildman–Crippen LogP) is 3.20. The van der Waals surface area contributed by atoms with E-state index in [1.165, 1.54) is 0 Å². The molecule has 0 bridgehead atoms. The molecule has 86 valence electrons. The summed E-state index contributed by atoms with van der Waals surface area (Å²) in [7, 11) is 0. The Labute approximate surface area is 96.6 Å². The van der Waals surface area contributed by atoms with E-state index in [0.29, 0.717) is 5.75 Å². The Morgan fingerprint density at radius 3 is 2.50 bits per heavy atom. The van der Waals surface area contributed by atoms with Crippen LogP contribution in [0.3, 0.4) is 0 Å². The summed E-state index contributed by atoms with van der Waals surface area (Å²) in [4.78, 5) is 0. The van der Waals surface area contributed by atoms with Crippen molar-refractivity contribution in [3.05, 3.63) is 34.4 Å². The summed E-state index contributed by atoms with van der Waals surface area (Å²) in [6.07, 6.45) is 5.05. The summed E-state index contributed by atoms with van der Waals surface area (Å²) in [6, 6.07) is 0. The number of allylic oxidation sites excluding steroid dienone is 1. The molecule has 1 aliphatic heterocycles. The van der Waals surface area contributed by atoms with Crippen LogP contribution in [0.25, 0.3) is 0 Å². The highest BCUT2D eigenvalue weighted by Crippen LogP contribution is 2.41. The molecule has 1 unspecified atom stereocenters. The molecule has 1 aliphatic rings. The van der Waals surface area contributed by atoms with Gasteiger partial charge >= 0.3 is 0 Å². The van der Waals surface area contributed by atoms with Crippen LogP contribution in [-0.4, -0.2) is 11.2 Å². The Kier molecular flexibility index (Phi) is 2.66. The third kappa shape index (κ3) is 1.49. The molecule has 1 aromatic carbocycles. The average molecular weight is 218 g/mol. The highest BCUT2D eigenvalue weighted by molar-refractivity contribution is 5.59. The third-order valence-corrected chi connectivity index (χ3v) is 3.42. The summed E-state index contributed by atoms with van der Waals surface area (Å²) < 4.78 is 5.90. The van der Waals surface area contributed by atoms with Crippen molar-refractivity contribution in [2.24, 2.45) is 0 Å². The molecular formula is C14H18O2. The minimum absolute atomic E-state index is 0.124. The highest BCUT2D eigenvalue weighted by Gasteiger charge is 2.27. The van der Waals surface area contributed by atoms with E-state index >= 15 is 0 Å². The molecule has 0 fully saturated rings. The van der Waals surface area contributed by atoms with E-state index in [-0.39, 0.29) is 6.10 Å². The Bertz CT molecular complexity index is 422. The summed E-state index contributed by atoms with van der Waals surface area (Å²) in [5, 5.41) is 9.99. The average Bonchev–Trinajstić information content (AvgIpc) is 2.68. The maximum atomic E-state index is 9.99. The van der Waals surface area contributed by atoms with E-state index in [9.17, 15) is 5.11 Å². The van der Waals surface area contributed by atoms with Gasteiger partial charge < -0.3 is 9.84 Å². The first-order valence-corrected chi connectivity index (χ1v) is 5.67. The van der Waals surface area contributed by atoms with Gasteiger partial charge in [0.15, 0.2) is 0 Å². The summed E-state index contributed by atoms with van der Waals surface area (Å²) in [5.41, 5.74) is 4.11. The highest BCUT2D eigenvalue weighted by atomic mass is 16.5. The molecular weight excluding hydrogens is 200 g/mol. The van der Waals surface area contributed by atoms with E-state index in [4.69, 9.17) is 4.74 Å². The van der Waals surface area contributed by atoms with Crippen LogP contribution in [-0.2, 0) is 6.42 Å². The molecule has 1 atom stereocenters. The molecule has 2 rings (SSSR count). The molecule has 1 N–H and O–H groups in total. The fourth-order valence-corrected chi connectivity index (χ4v) is 2.29. The van der Waals surface area contributed by atoms with Crippen molar-refractivity contribution in [3.63, 3.8) is 0 Å². The molecule has 0 amide bonds. The van der Waals surface area contributed by atoms with Crippen LogP contribution < -0.4 is 4.74 Å². The number of aromatic hydroxyl groups is 1. The summed E-state index contributed by atoms with van der Waals surface area (Å²) >= 11 is 0. The zero-order chi connectivity index (χ0) is 11.9. The number of phenols is 1. The molecule has 1 heterocycles. The fourth-order valence-electron chi connectivity index (χ4n) is 2.29. The zero-order valence-corrected chi connectivity index (χ0v) is 10.3. The maximum absolute atomic E-state index is 9.99. The molecule has 1 aromatic rings. The second-order valence-electron chi connectivity index (χ2n) is 4.42. The molecule has 0 aliphatic carbocycles. The number of fused-ring (bicyclic) bond motifs is 1. The molecule has 0 saturated carbocycles. The van der Waals surface area contributed by atoms with Crippen molar-refractivity contribution in [2.75, 3.05) is 0 Å². The fraction of sp³-hybridized carbons (Fsp3) is 0.429. The summed E-state index contributed by atoms with van der Waals surface area (Å²) in [6.45, 7) is 7.90. The van der Waals surface area contributed by atoms with Gasteiger partial charge in [-0.3, -0.25) is 0 Å². The molecule has 0 aromatic heterocycles. The first-order valence-electron chi connectivity index (χ1n) is 5.67. The lowest BCUT2D eigenvalue weighted by molar-refractivity contribution is 0.281. The van der Waals surface area contributed by atoms with Gasteiger partial charge in [-0.25, -0.2) is 0 Å². The Hall–Kier alpha value is -1.44. The van der Waals surface area contributed by atoms with Gasteiger partial charge in [0.2, 0.25) is 0 Å². The monoisotopic (exact) mass is 218 g/mol. The molecule has 0 radical (unpaired) electrons. The van der Waals surface area contributed by atoms with Crippen LogP contribution in [0, 0.1) is 20.8 Å². The number of hydrogen-bond acceptors (Lipinski definition) is 2. The lowest BCUT2D eigenvalue weighted by Gasteiger charge is -2.12. The van der Waals surface area contributed by atoms with Crippen LogP contribution in [0.2, 0.25) is 0 Å². The van der Waals surface area contributed by atoms with Crippen LogP contribution in [0.4, 0.5) is 0 Å². The smallest absolute Gasteiger partial charge is 0.127 e. The van der Waals surface area contributed by atoms with Gasteiger partial charge in [0.25, 0.3) is 0 Å². The first kappa shape index (κ1) is 11.1. The van der Waals surface area contributed by atoms with Crippen molar-refractivity contribution in [1.29, 1.82) is 0 Å². The number of ether oxygens (including phenoxy) is 1. The standard InChI is InChI=1S/C14H18O2/c1-5-6-11-7-12-10(4)13(15)8(2)9(3)14(12)16-11/h5-6,11,15H,7H2,1-4H3/b6-5+. The van der Waals surface area contributed by atoms with E-state index < -0.39 is 0 Å². The second-order valence-corrected chi connectivity index (χ2v) is 4.42. The van der Waals surface area contributed by atoms with Crippen LogP contribution in [0.5, 0.6) is 11.5 Å². The number of rotatable bonds is 1. The first-order chi connectivity index (χ1) is 7.56. The minimum atomic E-state index is 0.124. The topological polar surface area (TPSA) is 29.5 Å². The zero-order valence-electron chi connectivity index (χ0n) is 10.3. The molecule has 2 nitrogen and oxygen atoms in total. The normalized spacial score (nSPS) is 18.9. The van der Waals surface area contributed by atoms with E-state index in [0.717, 1.165) is 34.4 Å². The third-order valence-electron chi connectivity index (χ3n) is 3.42. The van der Waals surface area contributed by atoms with Gasteiger partial charge in [0.05, 0.1) is 0 Å². The van der Waals surface area contributed by atoms with Crippen LogP contribution >= 0.6 is 0 Å². The Morgan fingerprint density at radius 2 is 1.88 bits per heavy atom. The second kappa shape index (κ2) is 3.85. The van der Waals surface area contributed by atoms with Gasteiger partial charge in [-0.1, -0.05) is 6.08 Å². The quantitative estimate of drug-likeness (QED) is 0.733. The Morgan fingerprint density at radius 1 is 1.19 bits per heavy atom. The van der Waals surface area contributed by atoms with E-state index in [1.807, 2.05) is 33.8 Å². The van der Waals surface area contributed by atoms with Crippen molar-refractivity contribution in [2.45, 2.75) is 40.2 Å². The lowest BCUT2D eigenvalue weighted by atomic mass is 9.96. The van der Waals surface area contributed by atoms with Gasteiger partial charge in [0.1, 0.15) is 17.6 Å². The largest absolute Gasteiger partial charge is 0.507 e. The van der Waals surface area contributed by atoms with Crippen molar-refractivity contribution >= 4 is 0 Å². The van der Waals surface area contributed by atoms with Gasteiger partial charge in [0, 0.05) is 12.0 Å². The van der Waals surface area contributed by atoms with Gasteiger partial charge in [-0.2, -0.15) is 0 Å². The van der Waals surface area contributed by atoms with Gasteiger partial charge in [-0.15, -0.1) is 0 Å². The van der Waals surface area contributed by atoms with Crippen molar-refractivity contribution < 1.29 is 9.84 Å². The number of hydrogen-bond donors (Lipinski definition) is 1. The molecule has 16 heavy (non-hydrogen) atoms. The van der Waals surface area contributed by atoms with E-state index in [1.54, 1.807) is 0 Å². The molecule has 0 saturated heterocycles. The number of benzene rings is 1. The molecule has 0 spiro atoms. The maximum Gasteiger partial charge on any atom is 0.127 e. The van der Waals surface area contributed by atoms with Crippen LogP contribution in [0.15, 0.2) is 12.2 Å². The van der Waals surface area contributed by atoms with Crippen LogP contribution in [0.1, 0.15) is 29.2 Å². The lowest BCUT2D eigenvalue weighted by Crippen LogP contribution is -2.08. The molecule has 2 heteroatoms. The summed E-state index contributed by atoms with van der Waals surface area (Å²) in [5.74, 6) is 1.39.